The first-order valence-corrected chi connectivity index (χ1v) is 17.8. The van der Waals surface area contributed by atoms with E-state index in [1.54, 1.807) is 6.08 Å². The molecule has 1 amide bonds. The molecule has 1 unspecified atom stereocenters. The van der Waals surface area contributed by atoms with E-state index in [4.69, 9.17) is 23.7 Å². The first-order valence-electron chi connectivity index (χ1n) is 17.8. The second kappa shape index (κ2) is 21.3. The Kier molecular flexibility index (Phi) is 16.8. The summed E-state index contributed by atoms with van der Waals surface area (Å²) in [5, 5.41) is 3.23. The molecule has 2 aliphatic rings. The molecule has 2 saturated heterocycles. The standard InChI is InChI=1S/C39H57NO6/c1-3-5-6-7-8-9-10-11-12-13-14-15-22-27-34(41)40-35-37(43-29-31-23-18-16-19-24-31)36-33(45-39(35)42-28-4-2)30-44-38(46-36)32-25-20-17-21-26-32/h4,16-21,23-26,33,35-39H,2-3,5-15,22,27-30H2,1H3,(H,40,41)/t33-,35-,36-,37-,38?,39-/m1/s1. The molecule has 254 valence electrons. The number of hydrogen-bond acceptors (Lipinski definition) is 6. The SMILES string of the molecule is C=CCO[C@@H]1O[C@@H]2COC(c3ccccc3)O[C@H]2[C@H](OCc2ccccc2)[C@H]1NC(=O)CCCCCCCCCCCCCCC. The minimum Gasteiger partial charge on any atom is -0.368 e. The van der Waals surface area contributed by atoms with Gasteiger partial charge in [-0.15, -0.1) is 6.58 Å². The highest BCUT2D eigenvalue weighted by molar-refractivity contribution is 5.76. The monoisotopic (exact) mass is 635 g/mol. The molecule has 2 heterocycles. The lowest BCUT2D eigenvalue weighted by Crippen LogP contribution is -2.67. The number of amides is 1. The summed E-state index contributed by atoms with van der Waals surface area (Å²) in [7, 11) is 0. The molecule has 0 spiro atoms. The maximum absolute atomic E-state index is 13.3. The third-order valence-corrected chi connectivity index (χ3v) is 8.91. The van der Waals surface area contributed by atoms with Crippen molar-refractivity contribution in [2.24, 2.45) is 0 Å². The predicted octanol–water partition coefficient (Wildman–Crippen LogP) is 8.58. The van der Waals surface area contributed by atoms with Gasteiger partial charge in [0, 0.05) is 12.0 Å². The fourth-order valence-electron chi connectivity index (χ4n) is 6.34. The molecular weight excluding hydrogens is 578 g/mol. The molecule has 6 atom stereocenters. The van der Waals surface area contributed by atoms with Crippen molar-refractivity contribution in [1.82, 2.24) is 5.32 Å². The second-order valence-electron chi connectivity index (χ2n) is 12.7. The number of hydrogen-bond donors (Lipinski definition) is 1. The van der Waals surface area contributed by atoms with Crippen LogP contribution in [0.5, 0.6) is 0 Å². The molecule has 2 aliphatic heterocycles. The zero-order valence-electron chi connectivity index (χ0n) is 28.0. The molecule has 46 heavy (non-hydrogen) atoms. The minimum absolute atomic E-state index is 0.0256. The van der Waals surface area contributed by atoms with Gasteiger partial charge in [-0.2, -0.15) is 0 Å². The van der Waals surface area contributed by atoms with Crippen LogP contribution >= 0.6 is 0 Å². The Morgan fingerprint density at radius 1 is 0.826 bits per heavy atom. The van der Waals surface area contributed by atoms with E-state index < -0.39 is 36.9 Å². The number of unbranched alkanes of at least 4 members (excludes halogenated alkanes) is 12. The molecule has 0 bridgehead atoms. The summed E-state index contributed by atoms with van der Waals surface area (Å²) in [6.07, 6.45) is 16.0. The first kappa shape index (κ1) is 36.3. The fourth-order valence-corrected chi connectivity index (χ4v) is 6.34. The molecular formula is C39H57NO6. The summed E-state index contributed by atoms with van der Waals surface area (Å²) < 4.78 is 31.6. The number of fused-ring (bicyclic) bond motifs is 1. The molecule has 2 fully saturated rings. The van der Waals surface area contributed by atoms with Gasteiger partial charge in [0.25, 0.3) is 0 Å². The highest BCUT2D eigenvalue weighted by atomic mass is 16.7. The molecule has 2 aromatic rings. The Labute approximate surface area is 277 Å². The Morgan fingerprint density at radius 3 is 2.07 bits per heavy atom. The maximum atomic E-state index is 13.3. The Hall–Kier alpha value is -2.55. The zero-order chi connectivity index (χ0) is 32.2. The van der Waals surface area contributed by atoms with Gasteiger partial charge in [-0.05, 0) is 12.0 Å². The van der Waals surface area contributed by atoms with Gasteiger partial charge in [-0.3, -0.25) is 4.79 Å². The molecule has 0 aliphatic carbocycles. The van der Waals surface area contributed by atoms with Gasteiger partial charge in [0.2, 0.25) is 5.91 Å². The number of carbonyl (C=O) groups is 1. The van der Waals surface area contributed by atoms with Gasteiger partial charge in [0.1, 0.15) is 24.4 Å². The number of carbonyl (C=O) groups excluding carboxylic acids is 1. The minimum atomic E-state index is -0.726. The number of rotatable bonds is 22. The third-order valence-electron chi connectivity index (χ3n) is 8.91. The summed E-state index contributed by atoms with van der Waals surface area (Å²) in [4.78, 5) is 13.3. The van der Waals surface area contributed by atoms with Crippen LogP contribution in [0.2, 0.25) is 0 Å². The zero-order valence-corrected chi connectivity index (χ0v) is 28.0. The van der Waals surface area contributed by atoms with Crippen molar-refractivity contribution in [2.75, 3.05) is 13.2 Å². The van der Waals surface area contributed by atoms with Gasteiger partial charge in [-0.1, -0.05) is 151 Å². The molecule has 4 rings (SSSR count). The number of benzene rings is 2. The van der Waals surface area contributed by atoms with E-state index in [1.165, 1.54) is 70.6 Å². The lowest BCUT2D eigenvalue weighted by atomic mass is 9.95. The van der Waals surface area contributed by atoms with Gasteiger partial charge in [0.15, 0.2) is 12.6 Å². The van der Waals surface area contributed by atoms with E-state index in [9.17, 15) is 4.79 Å². The van der Waals surface area contributed by atoms with Crippen LogP contribution in [0.25, 0.3) is 0 Å². The highest BCUT2D eigenvalue weighted by Crippen LogP contribution is 2.36. The van der Waals surface area contributed by atoms with E-state index in [2.05, 4.69) is 18.8 Å². The normalized spacial score (nSPS) is 24.3. The van der Waals surface area contributed by atoms with Gasteiger partial charge >= 0.3 is 0 Å². The van der Waals surface area contributed by atoms with Crippen LogP contribution in [0, 0.1) is 0 Å². The Morgan fingerprint density at radius 2 is 1.43 bits per heavy atom. The summed E-state index contributed by atoms with van der Waals surface area (Å²) in [5.41, 5.74) is 1.97. The second-order valence-corrected chi connectivity index (χ2v) is 12.7. The van der Waals surface area contributed by atoms with Crippen molar-refractivity contribution >= 4 is 5.91 Å². The lowest BCUT2D eigenvalue weighted by Gasteiger charge is -2.49. The summed E-state index contributed by atoms with van der Waals surface area (Å²) in [6, 6.07) is 19.3. The van der Waals surface area contributed by atoms with Crippen LogP contribution < -0.4 is 5.32 Å². The van der Waals surface area contributed by atoms with Crippen molar-refractivity contribution < 1.29 is 28.5 Å². The average Bonchev–Trinajstić information content (AvgIpc) is 3.09. The molecule has 0 saturated carbocycles. The highest BCUT2D eigenvalue weighted by Gasteiger charge is 2.51. The third kappa shape index (κ3) is 12.2. The van der Waals surface area contributed by atoms with Gasteiger partial charge in [-0.25, -0.2) is 0 Å². The Bertz CT molecular complexity index is 1100. The summed E-state index contributed by atoms with van der Waals surface area (Å²) in [5.74, 6) is -0.0256. The number of nitrogens with one attached hydrogen (secondary N) is 1. The summed E-state index contributed by atoms with van der Waals surface area (Å²) >= 11 is 0. The van der Waals surface area contributed by atoms with Gasteiger partial charge < -0.3 is 29.0 Å². The molecule has 7 nitrogen and oxygen atoms in total. The van der Waals surface area contributed by atoms with Crippen LogP contribution in [0.4, 0.5) is 0 Å². The van der Waals surface area contributed by atoms with Crippen molar-refractivity contribution in [2.45, 2.75) is 140 Å². The molecule has 1 N–H and O–H groups in total. The fraction of sp³-hybridized carbons (Fsp3) is 0.615. The maximum Gasteiger partial charge on any atom is 0.220 e. The molecule has 0 radical (unpaired) electrons. The van der Waals surface area contributed by atoms with Crippen molar-refractivity contribution in [3.8, 4) is 0 Å². The molecule has 2 aromatic carbocycles. The Balaban J connectivity index is 1.30. The van der Waals surface area contributed by atoms with Crippen molar-refractivity contribution in [3.63, 3.8) is 0 Å². The van der Waals surface area contributed by atoms with Gasteiger partial charge in [0.05, 0.1) is 19.8 Å². The van der Waals surface area contributed by atoms with Crippen LogP contribution in [0.3, 0.4) is 0 Å². The van der Waals surface area contributed by atoms with Crippen LogP contribution in [0.15, 0.2) is 73.3 Å². The summed E-state index contributed by atoms with van der Waals surface area (Å²) in [6.45, 7) is 7.05. The van der Waals surface area contributed by atoms with E-state index in [0.717, 1.165) is 24.0 Å². The molecule has 0 aromatic heterocycles. The predicted molar refractivity (Wildman–Crippen MR) is 182 cm³/mol. The largest absolute Gasteiger partial charge is 0.368 e. The molecule has 7 heteroatoms. The topological polar surface area (TPSA) is 75.2 Å². The van der Waals surface area contributed by atoms with Crippen LogP contribution in [-0.4, -0.2) is 49.8 Å². The van der Waals surface area contributed by atoms with Crippen LogP contribution in [0.1, 0.15) is 114 Å². The quantitative estimate of drug-likeness (QED) is 0.103. The van der Waals surface area contributed by atoms with Crippen molar-refractivity contribution in [3.05, 3.63) is 84.4 Å². The number of ether oxygens (including phenoxy) is 5. The smallest absolute Gasteiger partial charge is 0.220 e. The first-order chi connectivity index (χ1) is 22.7. The van der Waals surface area contributed by atoms with E-state index in [-0.39, 0.29) is 12.5 Å². The van der Waals surface area contributed by atoms with E-state index >= 15 is 0 Å². The average molecular weight is 636 g/mol. The lowest BCUT2D eigenvalue weighted by molar-refractivity contribution is -0.348. The van der Waals surface area contributed by atoms with Crippen molar-refractivity contribution in [1.29, 1.82) is 0 Å². The van der Waals surface area contributed by atoms with Crippen LogP contribution in [-0.2, 0) is 35.1 Å². The van der Waals surface area contributed by atoms with E-state index in [1.807, 2.05) is 60.7 Å². The van der Waals surface area contributed by atoms with E-state index in [0.29, 0.717) is 19.6 Å².